The normalized spacial score (nSPS) is 12.2. The summed E-state index contributed by atoms with van der Waals surface area (Å²) in [6.07, 6.45) is 0. The number of halogens is 1. The Kier molecular flexibility index (Phi) is 4.11. The lowest BCUT2D eigenvalue weighted by Gasteiger charge is -2.16. The van der Waals surface area contributed by atoms with Gasteiger partial charge in [-0.2, -0.15) is 0 Å². The third-order valence-electron chi connectivity index (χ3n) is 2.08. The average Bonchev–Trinajstić information content (AvgIpc) is 2.18. The Morgan fingerprint density at radius 1 is 1.60 bits per heavy atom. The van der Waals surface area contributed by atoms with E-state index in [9.17, 15) is 4.79 Å². The summed E-state index contributed by atoms with van der Waals surface area (Å²) in [5, 5.41) is 2.84. The van der Waals surface area contributed by atoms with Gasteiger partial charge in [-0.25, -0.2) is 0 Å². The lowest BCUT2D eigenvalue weighted by atomic mass is 10.1. The van der Waals surface area contributed by atoms with Gasteiger partial charge in [0, 0.05) is 10.0 Å². The molecule has 0 fully saturated rings. The van der Waals surface area contributed by atoms with Crippen LogP contribution < -0.4 is 15.8 Å². The molecule has 5 heteroatoms. The highest BCUT2D eigenvalue weighted by Crippen LogP contribution is 2.28. The van der Waals surface area contributed by atoms with Gasteiger partial charge >= 0.3 is 0 Å². The number of nitrogens with one attached hydrogen (secondary N) is 1. The number of carbonyl (C=O) groups is 1. The van der Waals surface area contributed by atoms with Crippen molar-refractivity contribution in [3.63, 3.8) is 0 Å². The van der Waals surface area contributed by atoms with Gasteiger partial charge in [0.25, 0.3) is 0 Å². The third-order valence-corrected chi connectivity index (χ3v) is 2.57. The molecule has 0 saturated carbocycles. The Bertz CT molecular complexity index is 368. The van der Waals surface area contributed by atoms with Crippen LogP contribution in [0.3, 0.4) is 0 Å². The van der Waals surface area contributed by atoms with Crippen LogP contribution in [0, 0.1) is 0 Å². The molecular formula is C10H13BrN2O2. The summed E-state index contributed by atoms with van der Waals surface area (Å²) in [5.74, 6) is 0.199. The van der Waals surface area contributed by atoms with Crippen LogP contribution in [0.15, 0.2) is 22.7 Å². The minimum absolute atomic E-state index is 0.436. The number of amides is 1. The van der Waals surface area contributed by atoms with Crippen molar-refractivity contribution in [2.24, 2.45) is 5.73 Å². The van der Waals surface area contributed by atoms with Gasteiger partial charge in [0.2, 0.25) is 5.91 Å². The fourth-order valence-electron chi connectivity index (χ4n) is 1.38. The highest BCUT2D eigenvalue weighted by molar-refractivity contribution is 9.10. The molecule has 15 heavy (non-hydrogen) atoms. The number of ether oxygens (including phenoxy) is 1. The molecule has 0 aliphatic rings. The zero-order valence-corrected chi connectivity index (χ0v) is 10.2. The minimum atomic E-state index is -0.544. The topological polar surface area (TPSA) is 64.3 Å². The average molecular weight is 273 g/mol. The van der Waals surface area contributed by atoms with Crippen molar-refractivity contribution < 1.29 is 9.53 Å². The van der Waals surface area contributed by atoms with Gasteiger partial charge in [-0.1, -0.05) is 15.9 Å². The molecule has 82 valence electrons. The zero-order chi connectivity index (χ0) is 11.4. The summed E-state index contributed by atoms with van der Waals surface area (Å²) in [7, 11) is 3.23. The largest absolute Gasteiger partial charge is 0.496 e. The molecule has 0 radical (unpaired) electrons. The molecule has 1 rings (SSSR count). The Hall–Kier alpha value is -1.07. The van der Waals surface area contributed by atoms with Crippen molar-refractivity contribution in [2.45, 2.75) is 6.04 Å². The minimum Gasteiger partial charge on any atom is -0.496 e. The maximum Gasteiger partial charge on any atom is 0.239 e. The van der Waals surface area contributed by atoms with Crippen molar-refractivity contribution in [1.82, 2.24) is 5.32 Å². The second-order valence-electron chi connectivity index (χ2n) is 3.01. The number of likely N-dealkylation sites (N-methyl/N-ethyl adjacent to an activating group) is 1. The second kappa shape index (κ2) is 5.14. The Labute approximate surface area is 96.9 Å². The van der Waals surface area contributed by atoms with Crippen molar-refractivity contribution in [3.05, 3.63) is 28.2 Å². The van der Waals surface area contributed by atoms with E-state index in [1.807, 2.05) is 12.1 Å². The molecule has 1 amide bonds. The van der Waals surface area contributed by atoms with E-state index in [1.165, 1.54) is 0 Å². The predicted molar refractivity (Wildman–Crippen MR) is 61.7 cm³/mol. The number of carbonyl (C=O) groups excluding carboxylic acids is 1. The fourth-order valence-corrected chi connectivity index (χ4v) is 1.76. The number of methoxy groups -OCH3 is 1. The fraction of sp³-hybridized carbons (Fsp3) is 0.300. The molecular weight excluding hydrogens is 260 g/mol. The van der Waals surface area contributed by atoms with E-state index in [2.05, 4.69) is 21.2 Å². The third kappa shape index (κ3) is 2.70. The van der Waals surface area contributed by atoms with Crippen molar-refractivity contribution in [3.8, 4) is 5.75 Å². The smallest absolute Gasteiger partial charge is 0.239 e. The van der Waals surface area contributed by atoms with Gasteiger partial charge in [-0.05, 0) is 25.2 Å². The quantitative estimate of drug-likeness (QED) is 0.866. The molecule has 0 aliphatic carbocycles. The second-order valence-corrected chi connectivity index (χ2v) is 3.93. The van der Waals surface area contributed by atoms with Crippen molar-refractivity contribution >= 4 is 21.8 Å². The van der Waals surface area contributed by atoms with Crippen LogP contribution in [0.25, 0.3) is 0 Å². The Morgan fingerprint density at radius 3 is 2.73 bits per heavy atom. The van der Waals surface area contributed by atoms with E-state index in [4.69, 9.17) is 10.5 Å². The van der Waals surface area contributed by atoms with Gasteiger partial charge < -0.3 is 15.8 Å². The van der Waals surface area contributed by atoms with Crippen molar-refractivity contribution in [1.29, 1.82) is 0 Å². The van der Waals surface area contributed by atoms with E-state index in [0.29, 0.717) is 5.75 Å². The Balaban J connectivity index is 3.19. The molecule has 1 aromatic carbocycles. The summed E-state index contributed by atoms with van der Waals surface area (Å²) in [6.45, 7) is 0. The molecule has 0 aliphatic heterocycles. The first-order valence-electron chi connectivity index (χ1n) is 4.40. The maximum atomic E-state index is 11.2. The SMILES string of the molecule is CN[C@@H](C(N)=O)c1cc(Br)ccc1OC. The number of primary amides is 1. The van der Waals surface area contributed by atoms with E-state index < -0.39 is 11.9 Å². The monoisotopic (exact) mass is 272 g/mol. The van der Waals surface area contributed by atoms with E-state index in [1.54, 1.807) is 20.2 Å². The van der Waals surface area contributed by atoms with Crippen LogP contribution in [-0.2, 0) is 4.79 Å². The molecule has 0 saturated heterocycles. The number of benzene rings is 1. The van der Waals surface area contributed by atoms with E-state index >= 15 is 0 Å². The maximum absolute atomic E-state index is 11.2. The highest BCUT2D eigenvalue weighted by atomic mass is 79.9. The molecule has 0 bridgehead atoms. The van der Waals surface area contributed by atoms with Crippen LogP contribution in [0.1, 0.15) is 11.6 Å². The first kappa shape index (κ1) is 12.0. The summed E-state index contributed by atoms with van der Waals surface area (Å²) >= 11 is 3.34. The van der Waals surface area contributed by atoms with Crippen LogP contribution in [-0.4, -0.2) is 20.1 Å². The van der Waals surface area contributed by atoms with Crippen LogP contribution in [0.4, 0.5) is 0 Å². The molecule has 1 atom stereocenters. The Morgan fingerprint density at radius 2 is 2.27 bits per heavy atom. The van der Waals surface area contributed by atoms with E-state index in [-0.39, 0.29) is 0 Å². The summed E-state index contributed by atoms with van der Waals surface area (Å²) < 4.78 is 6.04. The molecule has 3 N–H and O–H groups in total. The number of hydrogen-bond acceptors (Lipinski definition) is 3. The highest BCUT2D eigenvalue weighted by Gasteiger charge is 2.19. The lowest BCUT2D eigenvalue weighted by molar-refractivity contribution is -0.120. The first-order chi connectivity index (χ1) is 7.10. The molecule has 0 heterocycles. The van der Waals surface area contributed by atoms with Crippen molar-refractivity contribution in [2.75, 3.05) is 14.2 Å². The molecule has 0 aromatic heterocycles. The van der Waals surface area contributed by atoms with Crippen LogP contribution in [0.2, 0.25) is 0 Å². The summed E-state index contributed by atoms with van der Waals surface area (Å²) in [4.78, 5) is 11.2. The molecule has 4 nitrogen and oxygen atoms in total. The van der Waals surface area contributed by atoms with Gasteiger partial charge in [0.05, 0.1) is 7.11 Å². The zero-order valence-electron chi connectivity index (χ0n) is 8.58. The predicted octanol–water partition coefficient (Wildman–Crippen LogP) is 1.20. The molecule has 1 aromatic rings. The molecule has 0 spiro atoms. The van der Waals surface area contributed by atoms with Gasteiger partial charge in [-0.3, -0.25) is 4.79 Å². The molecule has 0 unspecified atom stereocenters. The van der Waals surface area contributed by atoms with Crippen LogP contribution >= 0.6 is 15.9 Å². The van der Waals surface area contributed by atoms with Gasteiger partial charge in [0.1, 0.15) is 11.8 Å². The lowest BCUT2D eigenvalue weighted by Crippen LogP contribution is -2.31. The number of rotatable bonds is 4. The van der Waals surface area contributed by atoms with E-state index in [0.717, 1.165) is 10.0 Å². The summed E-state index contributed by atoms with van der Waals surface area (Å²) in [6, 6.07) is 4.89. The summed E-state index contributed by atoms with van der Waals surface area (Å²) in [5.41, 5.74) is 6.00. The number of hydrogen-bond donors (Lipinski definition) is 2. The van der Waals surface area contributed by atoms with Gasteiger partial charge in [0.15, 0.2) is 0 Å². The first-order valence-corrected chi connectivity index (χ1v) is 5.19. The van der Waals surface area contributed by atoms with Crippen LogP contribution in [0.5, 0.6) is 5.75 Å². The standard InChI is InChI=1S/C10H13BrN2O2/c1-13-9(10(12)14)7-5-6(11)3-4-8(7)15-2/h3-5,9,13H,1-2H3,(H2,12,14)/t9-/m1/s1. The van der Waals surface area contributed by atoms with Gasteiger partial charge in [-0.15, -0.1) is 0 Å². The number of nitrogens with two attached hydrogens (primary N) is 1.